The molecule has 0 saturated carbocycles. The number of aliphatic hydroxyl groups is 1. The molecule has 16 heavy (non-hydrogen) atoms. The molecule has 0 heterocycles. The first-order valence-electron chi connectivity index (χ1n) is 4.75. The van der Waals surface area contributed by atoms with Gasteiger partial charge in [0.1, 0.15) is 19.0 Å². The van der Waals surface area contributed by atoms with Crippen LogP contribution in [-0.4, -0.2) is 30.0 Å². The molecule has 0 fully saturated rings. The number of rotatable bonds is 5. The first kappa shape index (κ1) is 12.2. The molecule has 0 aliphatic heterocycles. The second-order valence-corrected chi connectivity index (χ2v) is 3.19. The number of carbonyl (C=O) groups is 2. The molecule has 0 aliphatic rings. The Kier molecular flexibility index (Phi) is 4.47. The van der Waals surface area contributed by atoms with Crippen LogP contribution in [-0.2, 0) is 9.59 Å². The topological polar surface area (TPSA) is 75.6 Å². The molecule has 1 aromatic carbocycles. The van der Waals surface area contributed by atoms with Gasteiger partial charge in [-0.25, -0.2) is 0 Å². The number of ether oxygens (including phenoxy) is 1. The fourth-order valence-corrected chi connectivity index (χ4v) is 1.05. The molecule has 1 aromatic rings. The normalized spacial score (nSPS) is 9.62. The highest BCUT2D eigenvalue weighted by molar-refractivity contribution is 5.88. The summed E-state index contributed by atoms with van der Waals surface area (Å²) in [6, 6.07) is 6.60. The van der Waals surface area contributed by atoms with Gasteiger partial charge in [0.25, 0.3) is 0 Å². The quantitative estimate of drug-likeness (QED) is 0.765. The van der Waals surface area contributed by atoms with Crippen molar-refractivity contribution >= 4 is 17.4 Å². The summed E-state index contributed by atoms with van der Waals surface area (Å²) >= 11 is 0. The van der Waals surface area contributed by atoms with Crippen LogP contribution in [0, 0.1) is 0 Å². The zero-order chi connectivity index (χ0) is 12.0. The lowest BCUT2D eigenvalue weighted by molar-refractivity contribution is -0.123. The fourth-order valence-electron chi connectivity index (χ4n) is 1.05. The number of amides is 1. The minimum absolute atomic E-state index is 0.149. The van der Waals surface area contributed by atoms with Crippen molar-refractivity contribution in [2.24, 2.45) is 0 Å². The lowest BCUT2D eigenvalue weighted by Crippen LogP contribution is -2.14. The van der Waals surface area contributed by atoms with Crippen LogP contribution in [0.3, 0.4) is 0 Å². The van der Waals surface area contributed by atoms with Crippen LogP contribution in [0.25, 0.3) is 0 Å². The van der Waals surface area contributed by atoms with Gasteiger partial charge in [-0.2, -0.15) is 0 Å². The summed E-state index contributed by atoms with van der Waals surface area (Å²) in [6.45, 7) is 0.740. The van der Waals surface area contributed by atoms with Crippen LogP contribution >= 0.6 is 0 Å². The maximum absolute atomic E-state index is 10.8. The molecular formula is C11H13NO4. The van der Waals surface area contributed by atoms with Gasteiger partial charge in [-0.15, -0.1) is 0 Å². The lowest BCUT2D eigenvalue weighted by Gasteiger charge is -2.06. The molecule has 1 rings (SSSR count). The van der Waals surface area contributed by atoms with Crippen LogP contribution in [0.1, 0.15) is 6.92 Å². The van der Waals surface area contributed by atoms with Gasteiger partial charge in [0.2, 0.25) is 5.91 Å². The SMILES string of the molecule is CC(=O)Nc1ccc(OCC(=O)CO)cc1. The van der Waals surface area contributed by atoms with Crippen molar-refractivity contribution < 1.29 is 19.4 Å². The summed E-state index contributed by atoms with van der Waals surface area (Å²) in [6.07, 6.45) is 0. The van der Waals surface area contributed by atoms with E-state index in [2.05, 4.69) is 5.32 Å². The van der Waals surface area contributed by atoms with Crippen molar-refractivity contribution in [2.45, 2.75) is 6.92 Å². The fraction of sp³-hybridized carbons (Fsp3) is 0.273. The highest BCUT2D eigenvalue weighted by atomic mass is 16.5. The summed E-state index contributed by atoms with van der Waals surface area (Å²) < 4.78 is 5.10. The number of aliphatic hydroxyl groups excluding tert-OH is 1. The predicted octanol–water partition coefficient (Wildman–Crippen LogP) is 0.585. The van der Waals surface area contributed by atoms with E-state index >= 15 is 0 Å². The number of carbonyl (C=O) groups excluding carboxylic acids is 2. The van der Waals surface area contributed by atoms with Gasteiger partial charge < -0.3 is 15.2 Å². The van der Waals surface area contributed by atoms with Gasteiger partial charge in [0, 0.05) is 12.6 Å². The number of nitrogens with one attached hydrogen (secondary N) is 1. The molecule has 0 bridgehead atoms. The number of Topliss-reactive ketones (excluding diaryl/α,β-unsaturated/α-hetero) is 1. The predicted molar refractivity (Wildman–Crippen MR) is 58.3 cm³/mol. The summed E-state index contributed by atoms with van der Waals surface area (Å²) in [5, 5.41) is 11.1. The van der Waals surface area contributed by atoms with Gasteiger partial charge in [-0.3, -0.25) is 9.59 Å². The van der Waals surface area contributed by atoms with E-state index in [0.29, 0.717) is 11.4 Å². The number of ketones is 1. The lowest BCUT2D eigenvalue weighted by atomic mass is 10.3. The van der Waals surface area contributed by atoms with Crippen LogP contribution in [0.5, 0.6) is 5.75 Å². The highest BCUT2D eigenvalue weighted by Gasteiger charge is 2.01. The molecule has 0 atom stereocenters. The number of hydrogen-bond acceptors (Lipinski definition) is 4. The Hall–Kier alpha value is -1.88. The number of hydrogen-bond donors (Lipinski definition) is 2. The van der Waals surface area contributed by atoms with Crippen molar-refractivity contribution in [3.05, 3.63) is 24.3 Å². The molecule has 0 aromatic heterocycles. The van der Waals surface area contributed by atoms with Crippen molar-refractivity contribution in [3.8, 4) is 5.75 Å². The zero-order valence-corrected chi connectivity index (χ0v) is 8.90. The van der Waals surface area contributed by atoms with Crippen LogP contribution in [0.2, 0.25) is 0 Å². The maximum atomic E-state index is 10.8. The Bertz CT molecular complexity index is 372. The Labute approximate surface area is 93.0 Å². The van der Waals surface area contributed by atoms with Gasteiger partial charge >= 0.3 is 0 Å². The minimum Gasteiger partial charge on any atom is -0.486 e. The molecule has 1 amide bonds. The molecular weight excluding hydrogens is 210 g/mol. The summed E-state index contributed by atoms with van der Waals surface area (Å²) in [5.41, 5.74) is 0.660. The summed E-state index contributed by atoms with van der Waals surface area (Å²) in [7, 11) is 0. The van der Waals surface area contributed by atoms with E-state index in [1.165, 1.54) is 6.92 Å². The second-order valence-electron chi connectivity index (χ2n) is 3.19. The van der Waals surface area contributed by atoms with E-state index < -0.39 is 6.61 Å². The monoisotopic (exact) mass is 223 g/mol. The molecule has 5 nitrogen and oxygen atoms in total. The van der Waals surface area contributed by atoms with E-state index in [1.54, 1.807) is 24.3 Å². The smallest absolute Gasteiger partial charge is 0.221 e. The molecule has 0 aliphatic carbocycles. The molecule has 0 saturated heterocycles. The van der Waals surface area contributed by atoms with E-state index in [0.717, 1.165) is 0 Å². The van der Waals surface area contributed by atoms with E-state index in [9.17, 15) is 9.59 Å². The largest absolute Gasteiger partial charge is 0.486 e. The van der Waals surface area contributed by atoms with E-state index in [4.69, 9.17) is 9.84 Å². The molecule has 2 N–H and O–H groups in total. The molecule has 0 radical (unpaired) electrons. The van der Waals surface area contributed by atoms with Gasteiger partial charge in [0.05, 0.1) is 0 Å². The Morgan fingerprint density at radius 1 is 1.31 bits per heavy atom. The van der Waals surface area contributed by atoms with Crippen LogP contribution < -0.4 is 10.1 Å². The van der Waals surface area contributed by atoms with Crippen LogP contribution in [0.15, 0.2) is 24.3 Å². The van der Waals surface area contributed by atoms with Gasteiger partial charge in [-0.05, 0) is 24.3 Å². The van der Waals surface area contributed by atoms with Gasteiger partial charge in [0.15, 0.2) is 5.78 Å². The number of anilines is 1. The van der Waals surface area contributed by atoms with E-state index in [-0.39, 0.29) is 18.3 Å². The summed E-state index contributed by atoms with van der Waals surface area (Å²) in [4.78, 5) is 21.5. The molecule has 0 unspecified atom stereocenters. The maximum Gasteiger partial charge on any atom is 0.221 e. The third kappa shape index (κ3) is 4.10. The van der Waals surface area contributed by atoms with E-state index in [1.807, 2.05) is 0 Å². The summed E-state index contributed by atoms with van der Waals surface area (Å²) in [5.74, 6) is -0.0223. The minimum atomic E-state index is -0.524. The van der Waals surface area contributed by atoms with Crippen molar-refractivity contribution in [1.82, 2.24) is 0 Å². The Morgan fingerprint density at radius 2 is 1.94 bits per heavy atom. The third-order valence-corrected chi connectivity index (χ3v) is 1.75. The highest BCUT2D eigenvalue weighted by Crippen LogP contribution is 2.15. The first-order chi connectivity index (χ1) is 7.61. The molecule has 0 spiro atoms. The average Bonchev–Trinajstić information content (AvgIpc) is 2.27. The third-order valence-electron chi connectivity index (χ3n) is 1.75. The van der Waals surface area contributed by atoms with Gasteiger partial charge in [-0.1, -0.05) is 0 Å². The van der Waals surface area contributed by atoms with Crippen LogP contribution in [0.4, 0.5) is 5.69 Å². The Balaban J connectivity index is 2.51. The molecule has 86 valence electrons. The Morgan fingerprint density at radius 3 is 2.44 bits per heavy atom. The standard InChI is InChI=1S/C11H13NO4/c1-8(14)12-9-2-4-11(5-3-9)16-7-10(15)6-13/h2-5,13H,6-7H2,1H3,(H,12,14). The van der Waals surface area contributed by atoms with Crippen molar-refractivity contribution in [2.75, 3.05) is 18.5 Å². The number of benzene rings is 1. The molecule has 5 heteroatoms. The average molecular weight is 223 g/mol. The first-order valence-corrected chi connectivity index (χ1v) is 4.75. The van der Waals surface area contributed by atoms with Crippen molar-refractivity contribution in [3.63, 3.8) is 0 Å². The van der Waals surface area contributed by atoms with Crippen molar-refractivity contribution in [1.29, 1.82) is 0 Å². The zero-order valence-electron chi connectivity index (χ0n) is 8.90. The second kappa shape index (κ2) is 5.87.